The van der Waals surface area contributed by atoms with Crippen molar-refractivity contribution >= 4 is 17.4 Å². The minimum absolute atomic E-state index is 0.0594. The zero-order valence-corrected chi connectivity index (χ0v) is 10.0. The summed E-state index contributed by atoms with van der Waals surface area (Å²) in [6, 6.07) is 3.85. The molecule has 2 N–H and O–H groups in total. The summed E-state index contributed by atoms with van der Waals surface area (Å²) in [5, 5.41) is 6.45. The highest BCUT2D eigenvalue weighted by Crippen LogP contribution is 2.39. The summed E-state index contributed by atoms with van der Waals surface area (Å²) in [6.07, 6.45) is 5.08. The first-order chi connectivity index (χ1) is 8.17. The fourth-order valence-corrected chi connectivity index (χ4v) is 2.90. The van der Waals surface area contributed by atoms with Gasteiger partial charge in [0, 0.05) is 17.7 Å². The number of amides is 1. The molecule has 4 nitrogen and oxygen atoms in total. The van der Waals surface area contributed by atoms with Crippen molar-refractivity contribution in [3.63, 3.8) is 0 Å². The minimum atomic E-state index is -0.0594. The largest absolute Gasteiger partial charge is 0.362 e. The first-order valence-corrected chi connectivity index (χ1v) is 6.23. The van der Waals surface area contributed by atoms with Crippen LogP contribution >= 0.6 is 0 Å². The van der Waals surface area contributed by atoms with Crippen molar-refractivity contribution in [1.29, 1.82) is 0 Å². The normalized spacial score (nSPS) is 21.6. The molecule has 1 spiro atoms. The number of carbonyl (C=O) groups is 1. The molecule has 1 aliphatic heterocycles. The Hall–Kier alpha value is -1.58. The molecule has 0 atom stereocenters. The monoisotopic (exact) mass is 231 g/mol. The first-order valence-electron chi connectivity index (χ1n) is 6.23. The maximum Gasteiger partial charge on any atom is 0.226 e. The van der Waals surface area contributed by atoms with Gasteiger partial charge in [-0.3, -0.25) is 4.79 Å². The zero-order valence-electron chi connectivity index (χ0n) is 10.0. The van der Waals surface area contributed by atoms with Gasteiger partial charge in [-0.1, -0.05) is 12.8 Å². The third kappa shape index (κ3) is 1.88. The lowest BCUT2D eigenvalue weighted by molar-refractivity contribution is -0.117. The number of rotatable bonds is 0. The zero-order chi connectivity index (χ0) is 11.9. The smallest absolute Gasteiger partial charge is 0.226 e. The number of nitrogens with zero attached hydrogens (tertiary/aromatic N) is 1. The van der Waals surface area contributed by atoms with E-state index in [1.54, 1.807) is 0 Å². The molecule has 3 rings (SSSR count). The maximum atomic E-state index is 11.9. The molecule has 0 saturated heterocycles. The molecule has 0 unspecified atom stereocenters. The average Bonchev–Trinajstić information content (AvgIpc) is 2.64. The number of hydrogen-bond acceptors (Lipinski definition) is 3. The maximum absolute atomic E-state index is 11.9. The van der Waals surface area contributed by atoms with Gasteiger partial charge >= 0.3 is 0 Å². The van der Waals surface area contributed by atoms with Crippen LogP contribution in [-0.2, 0) is 4.79 Å². The van der Waals surface area contributed by atoms with Crippen molar-refractivity contribution in [2.75, 3.05) is 10.6 Å². The van der Waals surface area contributed by atoms with Gasteiger partial charge in [-0.2, -0.15) is 0 Å². The standard InChI is InChI=1S/C13H17N3O/c1-9-4-5-10-12(14-9)16-13(6-2-3-7-13)8-11(17)15-10/h4-5H,2-3,6-8H2,1H3,(H,14,16)(H,15,17). The molecule has 2 heterocycles. The Morgan fingerprint density at radius 2 is 2.06 bits per heavy atom. The van der Waals surface area contributed by atoms with Crippen molar-refractivity contribution < 1.29 is 4.79 Å². The lowest BCUT2D eigenvalue weighted by atomic mass is 9.93. The van der Waals surface area contributed by atoms with Gasteiger partial charge in [-0.15, -0.1) is 0 Å². The third-order valence-electron chi connectivity index (χ3n) is 3.75. The second-order valence-corrected chi connectivity index (χ2v) is 5.19. The summed E-state index contributed by atoms with van der Waals surface area (Å²) < 4.78 is 0. The highest BCUT2D eigenvalue weighted by molar-refractivity contribution is 5.96. The van der Waals surface area contributed by atoms with E-state index >= 15 is 0 Å². The van der Waals surface area contributed by atoms with Crippen LogP contribution in [0.25, 0.3) is 0 Å². The predicted octanol–water partition coefficient (Wildman–Crippen LogP) is 2.46. The van der Waals surface area contributed by atoms with Crippen molar-refractivity contribution in [3.05, 3.63) is 17.8 Å². The molecule has 1 aliphatic carbocycles. The molecule has 1 fully saturated rings. The van der Waals surface area contributed by atoms with Gasteiger partial charge in [-0.05, 0) is 31.9 Å². The van der Waals surface area contributed by atoms with Crippen LogP contribution in [-0.4, -0.2) is 16.4 Å². The lowest BCUT2D eigenvalue weighted by Crippen LogP contribution is -2.37. The van der Waals surface area contributed by atoms with Gasteiger partial charge in [0.2, 0.25) is 5.91 Å². The molecule has 4 heteroatoms. The van der Waals surface area contributed by atoms with E-state index in [-0.39, 0.29) is 11.4 Å². The van der Waals surface area contributed by atoms with Gasteiger partial charge in [0.25, 0.3) is 0 Å². The summed E-state index contributed by atoms with van der Waals surface area (Å²) in [6.45, 7) is 1.97. The number of carbonyl (C=O) groups excluding carboxylic acids is 1. The van der Waals surface area contributed by atoms with Gasteiger partial charge in [-0.25, -0.2) is 4.98 Å². The van der Waals surface area contributed by atoms with Crippen LogP contribution in [0.5, 0.6) is 0 Å². The fraction of sp³-hybridized carbons (Fsp3) is 0.538. The number of pyridine rings is 1. The molecule has 90 valence electrons. The van der Waals surface area contributed by atoms with Gasteiger partial charge < -0.3 is 10.6 Å². The summed E-state index contributed by atoms with van der Waals surface area (Å²) >= 11 is 0. The van der Waals surface area contributed by atoms with Crippen LogP contribution in [0.2, 0.25) is 0 Å². The Bertz CT molecular complexity index is 464. The van der Waals surface area contributed by atoms with E-state index in [4.69, 9.17) is 0 Å². The van der Waals surface area contributed by atoms with E-state index < -0.39 is 0 Å². The van der Waals surface area contributed by atoms with Gasteiger partial charge in [0.1, 0.15) is 0 Å². The number of aromatic nitrogens is 1. The van der Waals surface area contributed by atoms with E-state index in [1.165, 1.54) is 12.8 Å². The van der Waals surface area contributed by atoms with E-state index in [0.29, 0.717) is 6.42 Å². The number of nitrogens with one attached hydrogen (secondary N) is 2. The Morgan fingerprint density at radius 3 is 2.82 bits per heavy atom. The average molecular weight is 231 g/mol. The quantitative estimate of drug-likeness (QED) is 0.721. The van der Waals surface area contributed by atoms with Crippen molar-refractivity contribution in [2.24, 2.45) is 0 Å². The van der Waals surface area contributed by atoms with E-state index in [1.807, 2.05) is 19.1 Å². The second-order valence-electron chi connectivity index (χ2n) is 5.19. The molecule has 1 aromatic heterocycles. The van der Waals surface area contributed by atoms with Crippen LogP contribution in [0.1, 0.15) is 37.8 Å². The van der Waals surface area contributed by atoms with Crippen molar-refractivity contribution in [2.45, 2.75) is 44.6 Å². The molecule has 2 aliphatic rings. The molecule has 17 heavy (non-hydrogen) atoms. The molecule has 1 saturated carbocycles. The van der Waals surface area contributed by atoms with Crippen LogP contribution in [0.4, 0.5) is 11.5 Å². The number of hydrogen-bond donors (Lipinski definition) is 2. The highest BCUT2D eigenvalue weighted by Gasteiger charge is 2.38. The molecule has 0 bridgehead atoms. The van der Waals surface area contributed by atoms with Crippen LogP contribution < -0.4 is 10.6 Å². The molecule has 1 aromatic rings. The summed E-state index contributed by atoms with van der Waals surface area (Å²) in [7, 11) is 0. The second kappa shape index (κ2) is 3.72. The molecule has 0 aromatic carbocycles. The van der Waals surface area contributed by atoms with Gasteiger partial charge in [0.15, 0.2) is 5.82 Å². The van der Waals surface area contributed by atoms with E-state index in [9.17, 15) is 4.79 Å². The van der Waals surface area contributed by atoms with Gasteiger partial charge in [0.05, 0.1) is 5.69 Å². The Labute approximate surface area is 101 Å². The summed E-state index contributed by atoms with van der Waals surface area (Å²) in [4.78, 5) is 16.4. The van der Waals surface area contributed by atoms with Crippen molar-refractivity contribution in [1.82, 2.24) is 4.98 Å². The fourth-order valence-electron chi connectivity index (χ4n) is 2.90. The summed E-state index contributed by atoms with van der Waals surface area (Å²) in [5.74, 6) is 0.932. The highest BCUT2D eigenvalue weighted by atomic mass is 16.1. The molecular formula is C13H17N3O. The molecular weight excluding hydrogens is 214 g/mol. The first kappa shape index (κ1) is 10.6. The van der Waals surface area contributed by atoms with Crippen LogP contribution in [0, 0.1) is 6.92 Å². The number of aryl methyl sites for hydroxylation is 1. The van der Waals surface area contributed by atoms with Crippen molar-refractivity contribution in [3.8, 4) is 0 Å². The van der Waals surface area contributed by atoms with E-state index in [0.717, 1.165) is 30.0 Å². The minimum Gasteiger partial charge on any atom is -0.362 e. The molecule has 0 radical (unpaired) electrons. The Kier molecular flexibility index (Phi) is 2.31. The lowest BCUT2D eigenvalue weighted by Gasteiger charge is -2.28. The third-order valence-corrected chi connectivity index (χ3v) is 3.75. The van der Waals surface area contributed by atoms with Crippen LogP contribution in [0.3, 0.4) is 0 Å². The van der Waals surface area contributed by atoms with Crippen LogP contribution in [0.15, 0.2) is 12.1 Å². The molecule has 1 amide bonds. The SMILES string of the molecule is Cc1ccc2c(n1)NC1(CCCC1)CC(=O)N2. The number of anilines is 2. The topological polar surface area (TPSA) is 54.0 Å². The van der Waals surface area contributed by atoms with E-state index in [2.05, 4.69) is 15.6 Å². The Morgan fingerprint density at radius 1 is 1.29 bits per heavy atom. The predicted molar refractivity (Wildman–Crippen MR) is 67.0 cm³/mol. The Balaban J connectivity index is 2.02. The summed E-state index contributed by atoms with van der Waals surface area (Å²) in [5.41, 5.74) is 1.72. The number of fused-ring (bicyclic) bond motifs is 1.